The van der Waals surface area contributed by atoms with Gasteiger partial charge in [0.05, 0.1) is 6.04 Å². The van der Waals surface area contributed by atoms with Crippen molar-refractivity contribution in [2.45, 2.75) is 84.2 Å². The number of nitrogens with zero attached hydrogens (tertiary/aromatic N) is 2. The molecule has 0 aromatic heterocycles. The second kappa shape index (κ2) is 10.1. The number of carbonyl (C=O) groups is 3. The average Bonchev–Trinajstić information content (AvgIpc) is 3.25. The molecular weight excluding hydrogens is 446 g/mol. The van der Waals surface area contributed by atoms with Crippen molar-refractivity contribution in [3.05, 3.63) is 45.9 Å². The molecule has 2 aliphatic heterocycles. The fourth-order valence-electron chi connectivity index (χ4n) is 5.63. The van der Waals surface area contributed by atoms with Crippen molar-refractivity contribution < 1.29 is 14.4 Å². The summed E-state index contributed by atoms with van der Waals surface area (Å²) in [5, 5.41) is 4.71. The molecule has 1 aliphatic carbocycles. The van der Waals surface area contributed by atoms with E-state index in [0.717, 1.165) is 31.2 Å². The van der Waals surface area contributed by atoms with Crippen LogP contribution in [0, 0.1) is 32.6 Å². The normalized spacial score (nSPS) is 26.9. The number of aryl methyl sites for hydroxylation is 3. The summed E-state index contributed by atoms with van der Waals surface area (Å²) in [7, 11) is 0. The van der Waals surface area contributed by atoms with Crippen LogP contribution in [0.2, 0.25) is 0 Å². The van der Waals surface area contributed by atoms with E-state index in [1.165, 1.54) is 33.4 Å². The summed E-state index contributed by atoms with van der Waals surface area (Å²) in [6, 6.07) is 4.08. The van der Waals surface area contributed by atoms with Crippen molar-refractivity contribution >= 4 is 29.6 Å². The molecule has 1 saturated heterocycles. The number of imide groups is 1. The Hall–Kier alpha value is -2.28. The molecule has 1 aromatic carbocycles. The highest BCUT2D eigenvalue weighted by Gasteiger charge is 2.48. The van der Waals surface area contributed by atoms with E-state index in [4.69, 9.17) is 0 Å². The van der Waals surface area contributed by atoms with Gasteiger partial charge in [-0.1, -0.05) is 23.8 Å². The van der Waals surface area contributed by atoms with Crippen LogP contribution in [0.15, 0.2) is 23.6 Å². The van der Waals surface area contributed by atoms with Crippen LogP contribution in [-0.4, -0.2) is 51.5 Å². The maximum Gasteiger partial charge on any atom is 0.327 e. The predicted molar refractivity (Wildman–Crippen MR) is 136 cm³/mol. The smallest absolute Gasteiger partial charge is 0.327 e. The minimum atomic E-state index is -0.267. The van der Waals surface area contributed by atoms with Crippen molar-refractivity contribution in [1.29, 1.82) is 0 Å². The van der Waals surface area contributed by atoms with Crippen LogP contribution in [0.25, 0.3) is 0 Å². The van der Waals surface area contributed by atoms with E-state index < -0.39 is 0 Å². The molecule has 2 heterocycles. The molecule has 7 heteroatoms. The maximum absolute atomic E-state index is 13.7. The molecule has 2 unspecified atom stereocenters. The zero-order valence-corrected chi connectivity index (χ0v) is 21.8. The monoisotopic (exact) mass is 483 g/mol. The highest BCUT2D eigenvalue weighted by Crippen LogP contribution is 2.37. The molecule has 0 radical (unpaired) electrons. The van der Waals surface area contributed by atoms with E-state index in [2.05, 4.69) is 38.2 Å². The van der Waals surface area contributed by atoms with Gasteiger partial charge in [-0.3, -0.25) is 14.5 Å². The van der Waals surface area contributed by atoms with E-state index in [1.807, 2.05) is 30.2 Å². The molecule has 1 saturated carbocycles. The van der Waals surface area contributed by atoms with Crippen LogP contribution in [0.4, 0.5) is 4.79 Å². The van der Waals surface area contributed by atoms with Gasteiger partial charge in [-0.15, -0.1) is 11.8 Å². The second-order valence-electron chi connectivity index (χ2n) is 10.5. The number of hydrogen-bond donors (Lipinski definition) is 1. The van der Waals surface area contributed by atoms with Crippen LogP contribution in [0.3, 0.4) is 0 Å². The number of nitrogens with one attached hydrogen (secondary N) is 1. The molecule has 2 fully saturated rings. The Kier molecular flexibility index (Phi) is 7.41. The summed E-state index contributed by atoms with van der Waals surface area (Å²) in [5.41, 5.74) is 4.73. The Morgan fingerprint density at radius 1 is 1.09 bits per heavy atom. The minimum Gasteiger partial charge on any atom is -0.354 e. The summed E-state index contributed by atoms with van der Waals surface area (Å²) in [5.74, 6) is 0.342. The van der Waals surface area contributed by atoms with E-state index in [1.54, 1.807) is 0 Å². The molecule has 4 amide bonds. The van der Waals surface area contributed by atoms with E-state index in [9.17, 15) is 14.4 Å². The van der Waals surface area contributed by atoms with E-state index in [-0.39, 0.29) is 47.0 Å². The Bertz CT molecular complexity index is 974. The summed E-state index contributed by atoms with van der Waals surface area (Å²) in [6.45, 7) is 11.2. The highest BCUT2D eigenvalue weighted by atomic mass is 32.2. The van der Waals surface area contributed by atoms with Gasteiger partial charge in [-0.25, -0.2) is 4.79 Å². The van der Waals surface area contributed by atoms with Crippen LogP contribution in [0.1, 0.15) is 61.8 Å². The van der Waals surface area contributed by atoms with Crippen molar-refractivity contribution in [3.63, 3.8) is 0 Å². The van der Waals surface area contributed by atoms with E-state index in [0.29, 0.717) is 13.1 Å². The zero-order valence-electron chi connectivity index (χ0n) is 21.0. The van der Waals surface area contributed by atoms with Crippen molar-refractivity contribution in [2.75, 3.05) is 6.54 Å². The van der Waals surface area contributed by atoms with Gasteiger partial charge >= 0.3 is 6.03 Å². The van der Waals surface area contributed by atoms with Crippen LogP contribution in [0.5, 0.6) is 0 Å². The number of benzene rings is 1. The van der Waals surface area contributed by atoms with Crippen LogP contribution >= 0.6 is 11.8 Å². The zero-order chi connectivity index (χ0) is 24.6. The van der Waals surface area contributed by atoms with E-state index >= 15 is 0 Å². The van der Waals surface area contributed by atoms with Gasteiger partial charge in [-0.2, -0.15) is 0 Å². The Morgan fingerprint density at radius 2 is 1.74 bits per heavy atom. The topological polar surface area (TPSA) is 69.7 Å². The van der Waals surface area contributed by atoms with Gasteiger partial charge in [0.2, 0.25) is 11.8 Å². The molecule has 1 N–H and O–H groups in total. The third-order valence-electron chi connectivity index (χ3n) is 7.42. The molecule has 4 rings (SSSR count). The number of rotatable bonds is 6. The fraction of sp³-hybridized carbons (Fsp3) is 0.593. The summed E-state index contributed by atoms with van der Waals surface area (Å²) in [4.78, 5) is 42.7. The Balaban J connectivity index is 1.47. The molecule has 0 bridgehead atoms. The van der Waals surface area contributed by atoms with Gasteiger partial charge in [0, 0.05) is 25.0 Å². The number of urea groups is 1. The average molecular weight is 484 g/mol. The Morgan fingerprint density at radius 3 is 2.35 bits per heavy atom. The summed E-state index contributed by atoms with van der Waals surface area (Å²) >= 11 is 1.52. The van der Waals surface area contributed by atoms with Crippen LogP contribution in [-0.2, 0) is 16.1 Å². The van der Waals surface area contributed by atoms with Crippen molar-refractivity contribution in [3.8, 4) is 0 Å². The standard InChI is InChI=1S/C27H37N3O3S/c1-16(2)28-25(31)21-8-6-20(7-9-21)14-30-26(32)24-23(10-11-34-24)29(27(30)33)15-22-18(4)12-17(3)13-19(22)5/h10-13,16,20-21,23-24H,6-9,14-15H2,1-5H3,(H,28,31). The molecule has 184 valence electrons. The van der Waals surface area contributed by atoms with Gasteiger partial charge < -0.3 is 10.2 Å². The Labute approximate surface area is 207 Å². The number of carbonyl (C=O) groups excluding carboxylic acids is 3. The number of thioether (sulfide) groups is 1. The highest BCUT2D eigenvalue weighted by molar-refractivity contribution is 8.03. The summed E-state index contributed by atoms with van der Waals surface area (Å²) in [6.07, 6.45) is 5.35. The summed E-state index contributed by atoms with van der Waals surface area (Å²) < 4.78 is 0. The fourth-order valence-corrected chi connectivity index (χ4v) is 6.70. The van der Waals surface area contributed by atoms with Gasteiger partial charge in [-0.05, 0) is 88.3 Å². The lowest BCUT2D eigenvalue weighted by Gasteiger charge is -2.43. The van der Waals surface area contributed by atoms with Gasteiger partial charge in [0.1, 0.15) is 5.25 Å². The first-order valence-electron chi connectivity index (χ1n) is 12.5. The van der Waals surface area contributed by atoms with Crippen molar-refractivity contribution in [1.82, 2.24) is 15.1 Å². The maximum atomic E-state index is 13.7. The number of fused-ring (bicyclic) bond motifs is 1. The van der Waals surface area contributed by atoms with Crippen LogP contribution < -0.4 is 5.32 Å². The lowest BCUT2D eigenvalue weighted by Crippen LogP contribution is -2.62. The predicted octanol–water partition coefficient (Wildman–Crippen LogP) is 4.70. The first-order chi connectivity index (χ1) is 16.2. The molecule has 2 atom stereocenters. The molecule has 0 spiro atoms. The second-order valence-corrected chi connectivity index (χ2v) is 11.5. The first-order valence-corrected chi connectivity index (χ1v) is 13.4. The van der Waals surface area contributed by atoms with Gasteiger partial charge in [0.25, 0.3) is 0 Å². The lowest BCUT2D eigenvalue weighted by molar-refractivity contribution is -0.132. The SMILES string of the molecule is Cc1cc(C)c(CN2C(=O)N(CC3CCC(C(=O)NC(C)C)CC3)C(=O)C3SC=CC32)c(C)c1. The number of hydrogen-bond acceptors (Lipinski definition) is 4. The largest absolute Gasteiger partial charge is 0.354 e. The lowest BCUT2D eigenvalue weighted by atomic mass is 9.81. The molecule has 1 aromatic rings. The molecule has 3 aliphatic rings. The molecule has 34 heavy (non-hydrogen) atoms. The molecule has 6 nitrogen and oxygen atoms in total. The number of amides is 4. The molecular formula is C27H37N3O3S. The third kappa shape index (κ3) is 5.04. The van der Waals surface area contributed by atoms with Crippen molar-refractivity contribution in [2.24, 2.45) is 11.8 Å². The minimum absolute atomic E-state index is 0.0364. The third-order valence-corrected chi connectivity index (χ3v) is 8.50. The van der Waals surface area contributed by atoms with Gasteiger partial charge in [0.15, 0.2) is 0 Å². The quantitative estimate of drug-likeness (QED) is 0.637. The first kappa shape index (κ1) is 24.8.